The van der Waals surface area contributed by atoms with Gasteiger partial charge in [0, 0.05) is 76.9 Å². The Balaban J connectivity index is 1.63. The van der Waals surface area contributed by atoms with Crippen LogP contribution in [0.15, 0.2) is 48.5 Å². The maximum Gasteiger partial charge on any atom is 0.253 e. The second-order valence-electron chi connectivity index (χ2n) is 7.82. The van der Waals surface area contributed by atoms with Crippen molar-refractivity contribution in [2.75, 3.05) is 64.2 Å². The average molecular weight is 395 g/mol. The molecule has 29 heavy (non-hydrogen) atoms. The summed E-state index contributed by atoms with van der Waals surface area (Å²) in [5.41, 5.74) is 3.51. The van der Waals surface area contributed by atoms with E-state index >= 15 is 0 Å². The van der Waals surface area contributed by atoms with E-state index in [9.17, 15) is 9.59 Å². The van der Waals surface area contributed by atoms with Crippen molar-refractivity contribution in [2.45, 2.75) is 6.42 Å². The Kier molecular flexibility index (Phi) is 6.42. The average Bonchev–Trinajstić information content (AvgIpc) is 2.99. The number of hydrogen-bond acceptors (Lipinski definition) is 4. The van der Waals surface area contributed by atoms with Crippen LogP contribution in [-0.4, -0.2) is 76.0 Å². The Morgan fingerprint density at radius 3 is 1.28 bits per heavy atom. The van der Waals surface area contributed by atoms with E-state index in [0.29, 0.717) is 37.3 Å². The SMILES string of the molecule is CN(C)c1ccc(C(=O)N2CCCN(C(=O)c3ccc(N(C)C)cc3)CC2)cc1. The summed E-state index contributed by atoms with van der Waals surface area (Å²) in [7, 11) is 7.91. The molecule has 1 aliphatic rings. The van der Waals surface area contributed by atoms with E-state index in [-0.39, 0.29) is 11.8 Å². The molecule has 1 heterocycles. The van der Waals surface area contributed by atoms with Crippen LogP contribution < -0.4 is 9.80 Å². The summed E-state index contributed by atoms with van der Waals surface area (Å²) in [5, 5.41) is 0. The Morgan fingerprint density at radius 2 is 0.966 bits per heavy atom. The predicted molar refractivity (Wildman–Crippen MR) is 118 cm³/mol. The van der Waals surface area contributed by atoms with Gasteiger partial charge in [0.05, 0.1) is 0 Å². The zero-order valence-electron chi connectivity index (χ0n) is 17.8. The van der Waals surface area contributed by atoms with Crippen LogP contribution in [-0.2, 0) is 0 Å². The van der Waals surface area contributed by atoms with Gasteiger partial charge in [0.1, 0.15) is 0 Å². The minimum atomic E-state index is 0.0277. The second kappa shape index (κ2) is 8.99. The van der Waals surface area contributed by atoms with Crippen molar-refractivity contribution in [3.05, 3.63) is 59.7 Å². The van der Waals surface area contributed by atoms with E-state index in [4.69, 9.17) is 0 Å². The highest BCUT2D eigenvalue weighted by molar-refractivity contribution is 5.96. The van der Waals surface area contributed by atoms with Gasteiger partial charge >= 0.3 is 0 Å². The molecule has 0 saturated carbocycles. The molecule has 2 aromatic carbocycles. The number of amides is 2. The highest BCUT2D eigenvalue weighted by atomic mass is 16.2. The molecule has 0 spiro atoms. The Morgan fingerprint density at radius 1 is 0.621 bits per heavy atom. The van der Waals surface area contributed by atoms with E-state index in [1.165, 1.54) is 0 Å². The van der Waals surface area contributed by atoms with Crippen molar-refractivity contribution >= 4 is 23.2 Å². The number of hydrogen-bond donors (Lipinski definition) is 0. The lowest BCUT2D eigenvalue weighted by Gasteiger charge is -2.23. The Bertz CT molecular complexity index is 773. The fraction of sp³-hybridized carbons (Fsp3) is 0.391. The molecule has 3 rings (SSSR count). The van der Waals surface area contributed by atoms with Crippen LogP contribution in [0.5, 0.6) is 0 Å². The normalized spacial score (nSPS) is 14.3. The first-order valence-electron chi connectivity index (χ1n) is 10.00. The van der Waals surface area contributed by atoms with E-state index in [0.717, 1.165) is 17.8 Å². The molecular weight excluding hydrogens is 364 g/mol. The smallest absolute Gasteiger partial charge is 0.253 e. The number of benzene rings is 2. The molecule has 6 heteroatoms. The molecule has 0 atom stereocenters. The summed E-state index contributed by atoms with van der Waals surface area (Å²) in [4.78, 5) is 33.5. The van der Waals surface area contributed by atoms with Gasteiger partial charge in [0.25, 0.3) is 11.8 Å². The topological polar surface area (TPSA) is 47.1 Å². The van der Waals surface area contributed by atoms with E-state index < -0.39 is 0 Å². The van der Waals surface area contributed by atoms with Crippen LogP contribution in [0.2, 0.25) is 0 Å². The number of rotatable bonds is 4. The molecule has 2 aromatic rings. The number of carbonyl (C=O) groups is 2. The number of carbonyl (C=O) groups excluding carboxylic acids is 2. The first-order chi connectivity index (χ1) is 13.9. The fourth-order valence-corrected chi connectivity index (χ4v) is 3.49. The van der Waals surface area contributed by atoms with Gasteiger partial charge in [-0.1, -0.05) is 0 Å². The third kappa shape index (κ3) is 4.88. The minimum absolute atomic E-state index is 0.0277. The fourth-order valence-electron chi connectivity index (χ4n) is 3.49. The van der Waals surface area contributed by atoms with Gasteiger partial charge in [0.15, 0.2) is 0 Å². The van der Waals surface area contributed by atoms with Crippen molar-refractivity contribution < 1.29 is 9.59 Å². The molecule has 0 unspecified atom stereocenters. The summed E-state index contributed by atoms with van der Waals surface area (Å²) < 4.78 is 0. The van der Waals surface area contributed by atoms with Crippen molar-refractivity contribution in [1.29, 1.82) is 0 Å². The summed E-state index contributed by atoms with van der Waals surface area (Å²) >= 11 is 0. The van der Waals surface area contributed by atoms with Gasteiger partial charge in [-0.05, 0) is 55.0 Å². The van der Waals surface area contributed by atoms with Crippen LogP contribution in [0.25, 0.3) is 0 Å². The van der Waals surface area contributed by atoms with Crippen molar-refractivity contribution in [3.8, 4) is 0 Å². The van der Waals surface area contributed by atoms with Gasteiger partial charge in [-0.2, -0.15) is 0 Å². The Hall–Kier alpha value is -3.02. The molecule has 154 valence electrons. The van der Waals surface area contributed by atoms with Gasteiger partial charge in [0.2, 0.25) is 0 Å². The summed E-state index contributed by atoms with van der Waals surface area (Å²) in [5.74, 6) is 0.0554. The molecular formula is C23H30N4O2. The lowest BCUT2D eigenvalue weighted by molar-refractivity contribution is 0.0719. The molecule has 1 aliphatic heterocycles. The number of anilines is 2. The monoisotopic (exact) mass is 394 g/mol. The first kappa shape index (κ1) is 20.7. The lowest BCUT2D eigenvalue weighted by atomic mass is 10.1. The molecule has 0 aromatic heterocycles. The second-order valence-corrected chi connectivity index (χ2v) is 7.82. The van der Waals surface area contributed by atoms with Crippen molar-refractivity contribution in [3.63, 3.8) is 0 Å². The zero-order chi connectivity index (χ0) is 21.0. The van der Waals surface area contributed by atoms with Crippen LogP contribution in [0, 0.1) is 0 Å². The van der Waals surface area contributed by atoms with Crippen molar-refractivity contribution in [1.82, 2.24) is 9.80 Å². The van der Waals surface area contributed by atoms with Gasteiger partial charge in [-0.25, -0.2) is 0 Å². The standard InChI is InChI=1S/C23H30N4O2/c1-24(2)20-10-6-18(7-11-20)22(28)26-14-5-15-27(17-16-26)23(29)19-8-12-21(13-9-19)25(3)4/h6-13H,5,14-17H2,1-4H3. The molecule has 6 nitrogen and oxygen atoms in total. The maximum atomic E-state index is 12.9. The molecule has 0 radical (unpaired) electrons. The summed E-state index contributed by atoms with van der Waals surface area (Å²) in [6.45, 7) is 2.43. The molecule has 0 bridgehead atoms. The highest BCUT2D eigenvalue weighted by Gasteiger charge is 2.23. The van der Waals surface area contributed by atoms with E-state index in [1.54, 1.807) is 0 Å². The molecule has 0 aliphatic carbocycles. The van der Waals surface area contributed by atoms with Gasteiger partial charge < -0.3 is 19.6 Å². The summed E-state index contributed by atoms with van der Waals surface area (Å²) in [6, 6.07) is 15.3. The third-order valence-electron chi connectivity index (χ3n) is 5.33. The van der Waals surface area contributed by atoms with Gasteiger partial charge in [-0.15, -0.1) is 0 Å². The molecule has 0 N–H and O–H groups in total. The first-order valence-corrected chi connectivity index (χ1v) is 10.00. The Labute approximate surface area is 173 Å². The molecule has 2 amide bonds. The molecule has 1 fully saturated rings. The highest BCUT2D eigenvalue weighted by Crippen LogP contribution is 2.17. The minimum Gasteiger partial charge on any atom is -0.378 e. The number of nitrogens with zero attached hydrogens (tertiary/aromatic N) is 4. The summed E-state index contributed by atoms with van der Waals surface area (Å²) in [6.07, 6.45) is 0.781. The third-order valence-corrected chi connectivity index (χ3v) is 5.33. The van der Waals surface area contributed by atoms with E-state index in [2.05, 4.69) is 0 Å². The largest absolute Gasteiger partial charge is 0.378 e. The maximum absolute atomic E-state index is 12.9. The van der Waals surface area contributed by atoms with Crippen LogP contribution in [0.3, 0.4) is 0 Å². The van der Waals surface area contributed by atoms with Crippen LogP contribution >= 0.6 is 0 Å². The predicted octanol–water partition coefficient (Wildman–Crippen LogP) is 2.81. The van der Waals surface area contributed by atoms with Gasteiger partial charge in [-0.3, -0.25) is 9.59 Å². The van der Waals surface area contributed by atoms with E-state index in [1.807, 2.05) is 96.3 Å². The van der Waals surface area contributed by atoms with Crippen molar-refractivity contribution in [2.24, 2.45) is 0 Å². The molecule has 1 saturated heterocycles. The lowest BCUT2D eigenvalue weighted by Crippen LogP contribution is -2.37. The zero-order valence-corrected chi connectivity index (χ0v) is 17.8. The van der Waals surface area contributed by atoms with Crippen LogP contribution in [0.1, 0.15) is 27.1 Å². The quantitative estimate of drug-likeness (QED) is 0.800. The van der Waals surface area contributed by atoms with Crippen LogP contribution in [0.4, 0.5) is 11.4 Å².